The van der Waals surface area contributed by atoms with Gasteiger partial charge in [0.25, 0.3) is 5.91 Å². The minimum absolute atomic E-state index is 0.0523. The number of nitrogens with one attached hydrogen (secondary N) is 2. The zero-order valence-electron chi connectivity index (χ0n) is 16.1. The number of benzene rings is 2. The highest BCUT2D eigenvalue weighted by molar-refractivity contribution is 6.00. The molecule has 1 amide bonds. The van der Waals surface area contributed by atoms with Crippen molar-refractivity contribution in [1.82, 2.24) is 10.3 Å². The molecule has 2 aromatic carbocycles. The lowest BCUT2D eigenvalue weighted by atomic mass is 9.76. The van der Waals surface area contributed by atoms with Gasteiger partial charge in [-0.25, -0.2) is 0 Å². The van der Waals surface area contributed by atoms with E-state index in [0.29, 0.717) is 23.9 Å². The van der Waals surface area contributed by atoms with Crippen molar-refractivity contribution in [2.75, 3.05) is 5.32 Å². The van der Waals surface area contributed by atoms with Gasteiger partial charge in [-0.3, -0.25) is 9.78 Å². The summed E-state index contributed by atoms with van der Waals surface area (Å²) in [5, 5.41) is 6.76. The second-order valence-corrected chi connectivity index (χ2v) is 7.70. The quantitative estimate of drug-likeness (QED) is 0.636. The van der Waals surface area contributed by atoms with E-state index in [1.165, 1.54) is 5.56 Å². The van der Waals surface area contributed by atoms with E-state index in [4.69, 9.17) is 0 Å². The van der Waals surface area contributed by atoms with Gasteiger partial charge in [-0.1, -0.05) is 60.7 Å². The summed E-state index contributed by atoms with van der Waals surface area (Å²) in [5.74, 6) is 0.705. The minimum Gasteiger partial charge on any atom is -0.377 e. The van der Waals surface area contributed by atoms with Gasteiger partial charge in [0.15, 0.2) is 0 Å². The van der Waals surface area contributed by atoms with Crippen LogP contribution >= 0.6 is 0 Å². The second-order valence-electron chi connectivity index (χ2n) is 7.70. The first-order chi connectivity index (χ1) is 14.3. The van der Waals surface area contributed by atoms with Crippen LogP contribution in [0.25, 0.3) is 0 Å². The fraction of sp³-hybridized carbons (Fsp3) is 0.200. The van der Waals surface area contributed by atoms with Gasteiger partial charge in [0.05, 0.1) is 17.3 Å². The van der Waals surface area contributed by atoms with E-state index in [0.717, 1.165) is 23.2 Å². The molecule has 1 aliphatic carbocycles. The van der Waals surface area contributed by atoms with E-state index in [2.05, 4.69) is 39.9 Å². The zero-order chi connectivity index (χ0) is 19.6. The lowest BCUT2D eigenvalue weighted by Gasteiger charge is -2.38. The Morgan fingerprint density at radius 3 is 2.79 bits per heavy atom. The summed E-state index contributed by atoms with van der Waals surface area (Å²) in [6.45, 7) is 0.515. The largest absolute Gasteiger partial charge is 0.377 e. The standard InChI is InChI=1S/C25H23N3O/c29-25(27-15-17-7-2-1-3-8-17)22-13-5-12-21-19-10-4-11-20(19)23(28-24(21)22)18-9-6-14-26-16-18/h1-10,12-14,16,19-20,23,28H,11,15H2,(H,27,29). The SMILES string of the molecule is O=C(NCc1ccccc1)c1cccc2c1NC(c1cccnc1)C1CC=CC21. The number of carbonyl (C=O) groups is 1. The Labute approximate surface area is 170 Å². The summed E-state index contributed by atoms with van der Waals surface area (Å²) in [4.78, 5) is 17.4. The molecule has 2 heterocycles. The molecule has 2 aliphatic rings. The van der Waals surface area contributed by atoms with Gasteiger partial charge in [0.1, 0.15) is 0 Å². The summed E-state index contributed by atoms with van der Waals surface area (Å²) in [7, 11) is 0. The van der Waals surface area contributed by atoms with Crippen LogP contribution < -0.4 is 10.6 Å². The Kier molecular flexibility index (Phi) is 4.60. The molecule has 0 fully saturated rings. The third-order valence-corrected chi connectivity index (χ3v) is 5.98. The molecule has 3 atom stereocenters. The van der Waals surface area contributed by atoms with Gasteiger partial charge in [-0.05, 0) is 41.2 Å². The molecule has 2 N–H and O–H groups in total. The van der Waals surface area contributed by atoms with Gasteiger partial charge >= 0.3 is 0 Å². The molecule has 0 bridgehead atoms. The van der Waals surface area contributed by atoms with E-state index in [1.807, 2.05) is 54.7 Å². The van der Waals surface area contributed by atoms with Gasteiger partial charge < -0.3 is 10.6 Å². The molecule has 4 nitrogen and oxygen atoms in total. The summed E-state index contributed by atoms with van der Waals surface area (Å²) < 4.78 is 0. The molecule has 1 aliphatic heterocycles. The number of anilines is 1. The number of rotatable bonds is 4. The molecule has 5 rings (SSSR count). The lowest BCUT2D eigenvalue weighted by molar-refractivity contribution is 0.0951. The van der Waals surface area contributed by atoms with Crippen LogP contribution in [0.4, 0.5) is 5.69 Å². The van der Waals surface area contributed by atoms with Crippen molar-refractivity contribution in [3.63, 3.8) is 0 Å². The molecule has 29 heavy (non-hydrogen) atoms. The average Bonchev–Trinajstić information content (AvgIpc) is 3.28. The minimum atomic E-state index is -0.0523. The maximum absolute atomic E-state index is 13.0. The first-order valence-corrected chi connectivity index (χ1v) is 10.1. The van der Waals surface area contributed by atoms with Crippen LogP contribution in [0.15, 0.2) is 85.2 Å². The molecule has 0 saturated heterocycles. The number of allylic oxidation sites excluding steroid dienone is 2. The van der Waals surface area contributed by atoms with E-state index in [9.17, 15) is 4.79 Å². The van der Waals surface area contributed by atoms with E-state index < -0.39 is 0 Å². The van der Waals surface area contributed by atoms with Crippen molar-refractivity contribution in [3.05, 3.63) is 107 Å². The van der Waals surface area contributed by atoms with Crippen LogP contribution in [0.2, 0.25) is 0 Å². The fourth-order valence-electron chi connectivity index (χ4n) is 4.57. The number of fused-ring (bicyclic) bond motifs is 3. The molecule has 0 spiro atoms. The van der Waals surface area contributed by atoms with Crippen molar-refractivity contribution in [3.8, 4) is 0 Å². The number of amides is 1. The van der Waals surface area contributed by atoms with Crippen LogP contribution in [-0.2, 0) is 6.54 Å². The number of pyridine rings is 1. The molecule has 0 saturated carbocycles. The number of hydrogen-bond donors (Lipinski definition) is 2. The highest BCUT2D eigenvalue weighted by Gasteiger charge is 2.39. The van der Waals surface area contributed by atoms with Gasteiger partial charge in [-0.2, -0.15) is 0 Å². The molecule has 4 heteroatoms. The summed E-state index contributed by atoms with van der Waals surface area (Å²) in [5.41, 5.74) is 5.10. The molecule has 1 aromatic heterocycles. The number of carbonyl (C=O) groups excluding carboxylic acids is 1. The monoisotopic (exact) mass is 381 g/mol. The zero-order valence-corrected chi connectivity index (χ0v) is 16.1. The van der Waals surface area contributed by atoms with Crippen LogP contribution in [0.3, 0.4) is 0 Å². The van der Waals surface area contributed by atoms with Crippen molar-refractivity contribution in [2.45, 2.75) is 24.9 Å². The third-order valence-electron chi connectivity index (χ3n) is 5.98. The van der Waals surface area contributed by atoms with Crippen molar-refractivity contribution in [2.24, 2.45) is 5.92 Å². The summed E-state index contributed by atoms with van der Waals surface area (Å²) in [6, 6.07) is 20.3. The van der Waals surface area contributed by atoms with Crippen molar-refractivity contribution in [1.29, 1.82) is 0 Å². The van der Waals surface area contributed by atoms with Crippen LogP contribution in [0, 0.1) is 5.92 Å². The first-order valence-electron chi connectivity index (χ1n) is 10.1. The summed E-state index contributed by atoms with van der Waals surface area (Å²) in [6.07, 6.45) is 9.31. The maximum atomic E-state index is 13.0. The van der Waals surface area contributed by atoms with Crippen molar-refractivity contribution >= 4 is 11.6 Å². The Morgan fingerprint density at radius 1 is 1.07 bits per heavy atom. The predicted molar refractivity (Wildman–Crippen MR) is 115 cm³/mol. The molecule has 0 radical (unpaired) electrons. The number of aromatic nitrogens is 1. The molecule has 144 valence electrons. The maximum Gasteiger partial charge on any atom is 0.253 e. The number of para-hydroxylation sites is 1. The third kappa shape index (κ3) is 3.31. The van der Waals surface area contributed by atoms with E-state index in [1.54, 1.807) is 6.20 Å². The average molecular weight is 381 g/mol. The predicted octanol–water partition coefficient (Wildman–Crippen LogP) is 4.84. The van der Waals surface area contributed by atoms with Gasteiger partial charge in [0, 0.05) is 24.9 Å². The Bertz CT molecular complexity index is 1050. The number of hydrogen-bond acceptors (Lipinski definition) is 3. The Morgan fingerprint density at radius 2 is 1.97 bits per heavy atom. The lowest BCUT2D eigenvalue weighted by Crippen LogP contribution is -2.32. The highest BCUT2D eigenvalue weighted by atomic mass is 16.1. The highest BCUT2D eigenvalue weighted by Crippen LogP contribution is 2.50. The normalized spacial score (nSPS) is 21.7. The summed E-state index contributed by atoms with van der Waals surface area (Å²) >= 11 is 0. The van der Waals surface area contributed by atoms with Gasteiger partial charge in [-0.15, -0.1) is 0 Å². The molecular formula is C25H23N3O. The molecule has 3 aromatic rings. The Balaban J connectivity index is 1.47. The van der Waals surface area contributed by atoms with Crippen LogP contribution in [0.1, 0.15) is 45.4 Å². The van der Waals surface area contributed by atoms with Crippen LogP contribution in [0.5, 0.6) is 0 Å². The first kappa shape index (κ1) is 17.7. The molecular weight excluding hydrogens is 358 g/mol. The van der Waals surface area contributed by atoms with Crippen molar-refractivity contribution < 1.29 is 4.79 Å². The fourth-order valence-corrected chi connectivity index (χ4v) is 4.57. The molecule has 3 unspecified atom stereocenters. The second kappa shape index (κ2) is 7.55. The smallest absolute Gasteiger partial charge is 0.253 e. The number of nitrogens with zero attached hydrogens (tertiary/aromatic N) is 1. The topological polar surface area (TPSA) is 54.0 Å². The van der Waals surface area contributed by atoms with E-state index >= 15 is 0 Å². The van der Waals surface area contributed by atoms with Gasteiger partial charge in [0.2, 0.25) is 0 Å². The van der Waals surface area contributed by atoms with Crippen LogP contribution in [-0.4, -0.2) is 10.9 Å². The van der Waals surface area contributed by atoms with E-state index in [-0.39, 0.29) is 11.9 Å². The Hall–Kier alpha value is -3.40.